The topological polar surface area (TPSA) is 65.3 Å². The van der Waals surface area contributed by atoms with Gasteiger partial charge in [0.2, 0.25) is 5.82 Å². The highest BCUT2D eigenvalue weighted by Gasteiger charge is 2.14. The van der Waals surface area contributed by atoms with Gasteiger partial charge in [-0.05, 0) is 18.2 Å². The first-order valence-corrected chi connectivity index (χ1v) is 5.61. The second kappa shape index (κ2) is 5.62. The summed E-state index contributed by atoms with van der Waals surface area (Å²) in [6.07, 6.45) is 1.53. The highest BCUT2D eigenvalue weighted by atomic mass is 35.5. The number of hydrogen-bond acceptors (Lipinski definition) is 4. The molecule has 98 valence electrons. The lowest BCUT2D eigenvalue weighted by atomic mass is 10.3. The van der Waals surface area contributed by atoms with E-state index in [9.17, 15) is 14.5 Å². The maximum absolute atomic E-state index is 13.3. The third-order valence-corrected chi connectivity index (χ3v) is 2.52. The van der Waals surface area contributed by atoms with Crippen molar-refractivity contribution in [2.75, 3.05) is 0 Å². The van der Waals surface area contributed by atoms with Gasteiger partial charge < -0.3 is 4.74 Å². The summed E-state index contributed by atoms with van der Waals surface area (Å²) in [5, 5.41) is 11.0. The van der Waals surface area contributed by atoms with E-state index in [1.54, 1.807) is 12.1 Å². The Balaban J connectivity index is 2.08. The van der Waals surface area contributed by atoms with Gasteiger partial charge in [-0.2, -0.15) is 4.39 Å². The largest absolute Gasteiger partial charge is 0.487 e. The molecule has 0 fully saturated rings. The molecule has 0 saturated heterocycles. The van der Waals surface area contributed by atoms with Crippen LogP contribution in [0.4, 0.5) is 10.1 Å². The number of halogens is 2. The molecule has 1 aromatic carbocycles. The number of nitrogens with zero attached hydrogens (tertiary/aromatic N) is 2. The third-order valence-electron chi connectivity index (χ3n) is 2.28. The number of aromatic nitrogens is 1. The minimum Gasteiger partial charge on any atom is -0.487 e. The Morgan fingerprint density at radius 1 is 1.37 bits per heavy atom. The van der Waals surface area contributed by atoms with E-state index >= 15 is 0 Å². The van der Waals surface area contributed by atoms with Crippen molar-refractivity contribution in [3.05, 3.63) is 63.2 Å². The van der Waals surface area contributed by atoms with Crippen molar-refractivity contribution in [3.8, 4) is 5.75 Å². The van der Waals surface area contributed by atoms with E-state index in [2.05, 4.69) is 4.98 Å². The quantitative estimate of drug-likeness (QED) is 0.637. The zero-order chi connectivity index (χ0) is 13.8. The summed E-state index contributed by atoms with van der Waals surface area (Å²) in [5.41, 5.74) is -0.0144. The van der Waals surface area contributed by atoms with Gasteiger partial charge in [0.25, 0.3) is 0 Å². The second-order valence-electron chi connectivity index (χ2n) is 3.62. The number of hydrogen-bond donors (Lipinski definition) is 0. The molecule has 19 heavy (non-hydrogen) atoms. The van der Waals surface area contributed by atoms with Gasteiger partial charge in [-0.1, -0.05) is 11.6 Å². The highest BCUT2D eigenvalue weighted by molar-refractivity contribution is 6.30. The predicted molar refractivity (Wildman–Crippen MR) is 66.6 cm³/mol. The summed E-state index contributed by atoms with van der Waals surface area (Å²) in [4.78, 5) is 13.7. The number of pyridine rings is 1. The third kappa shape index (κ3) is 3.38. The Kier molecular flexibility index (Phi) is 3.91. The van der Waals surface area contributed by atoms with Crippen molar-refractivity contribution in [1.29, 1.82) is 0 Å². The Morgan fingerprint density at radius 2 is 2.16 bits per heavy atom. The number of benzene rings is 1. The van der Waals surface area contributed by atoms with Crippen LogP contribution in [-0.2, 0) is 6.61 Å². The molecule has 1 heterocycles. The molecule has 2 rings (SSSR count). The molecule has 0 unspecified atom stereocenters. The molecular formula is C12H8ClFN2O3. The number of nitro groups is 1. The lowest BCUT2D eigenvalue weighted by molar-refractivity contribution is -0.387. The van der Waals surface area contributed by atoms with Crippen LogP contribution in [0, 0.1) is 15.9 Å². The van der Waals surface area contributed by atoms with E-state index in [0.717, 1.165) is 12.1 Å². The van der Waals surface area contributed by atoms with Crippen molar-refractivity contribution in [3.63, 3.8) is 0 Å². The first kappa shape index (κ1) is 13.2. The van der Waals surface area contributed by atoms with Gasteiger partial charge in [0.05, 0.1) is 10.6 Å². The molecule has 0 N–H and O–H groups in total. The smallest absolute Gasteiger partial charge is 0.305 e. The average molecular weight is 283 g/mol. The molecule has 0 atom stereocenters. The molecule has 7 heteroatoms. The summed E-state index contributed by atoms with van der Waals surface area (Å²) in [6, 6.07) is 6.57. The van der Waals surface area contributed by atoms with Crippen molar-refractivity contribution in [1.82, 2.24) is 4.98 Å². The van der Waals surface area contributed by atoms with Crippen molar-refractivity contribution in [2.45, 2.75) is 6.61 Å². The Hall–Kier alpha value is -2.21. The molecule has 0 aliphatic rings. The van der Waals surface area contributed by atoms with Crippen LogP contribution in [0.2, 0.25) is 5.02 Å². The van der Waals surface area contributed by atoms with Crippen molar-refractivity contribution >= 4 is 17.3 Å². The normalized spacial score (nSPS) is 10.2. The first-order chi connectivity index (χ1) is 9.06. The lowest BCUT2D eigenvalue weighted by Crippen LogP contribution is -1.99. The summed E-state index contributed by atoms with van der Waals surface area (Å²) >= 11 is 5.78. The number of ether oxygens (including phenoxy) is 1. The fourth-order valence-corrected chi connectivity index (χ4v) is 1.59. The van der Waals surface area contributed by atoms with Crippen LogP contribution in [0.3, 0.4) is 0 Å². The monoisotopic (exact) mass is 282 g/mol. The lowest BCUT2D eigenvalue weighted by Gasteiger charge is -2.06. The van der Waals surface area contributed by atoms with Crippen LogP contribution < -0.4 is 4.74 Å². The molecule has 0 saturated carbocycles. The molecule has 0 radical (unpaired) electrons. The molecule has 0 aliphatic heterocycles. The fourth-order valence-electron chi connectivity index (χ4n) is 1.41. The molecule has 0 aliphatic carbocycles. The van der Waals surface area contributed by atoms with E-state index in [4.69, 9.17) is 16.3 Å². The summed E-state index contributed by atoms with van der Waals surface area (Å²) in [7, 11) is 0. The van der Waals surface area contributed by atoms with Gasteiger partial charge in [-0.3, -0.25) is 15.1 Å². The second-order valence-corrected chi connectivity index (χ2v) is 4.06. The van der Waals surface area contributed by atoms with Crippen molar-refractivity contribution < 1.29 is 14.1 Å². The van der Waals surface area contributed by atoms with Crippen LogP contribution in [0.15, 0.2) is 36.5 Å². The molecule has 5 nitrogen and oxygen atoms in total. The maximum atomic E-state index is 13.3. The van der Waals surface area contributed by atoms with Crippen LogP contribution in [0.1, 0.15) is 5.69 Å². The summed E-state index contributed by atoms with van der Waals surface area (Å²) in [5.74, 6) is -0.758. The number of nitro benzene ring substituents is 1. The molecule has 1 aromatic heterocycles. The van der Waals surface area contributed by atoms with E-state index in [-0.39, 0.29) is 12.4 Å². The maximum Gasteiger partial charge on any atom is 0.305 e. The Labute approximate surface area is 112 Å². The van der Waals surface area contributed by atoms with Crippen molar-refractivity contribution in [2.24, 2.45) is 0 Å². The molecule has 2 aromatic rings. The summed E-state index contributed by atoms with van der Waals surface area (Å²) < 4.78 is 18.6. The standard InChI is InChI=1S/C12H8ClFN2O3/c13-8-3-4-15-9(5-8)7-19-10-1-2-12(16(17)18)11(14)6-10/h1-6H,7H2. The van der Waals surface area contributed by atoms with E-state index in [1.165, 1.54) is 12.3 Å². The molecule has 0 amide bonds. The van der Waals surface area contributed by atoms with Gasteiger partial charge in [0.15, 0.2) is 0 Å². The zero-order valence-corrected chi connectivity index (χ0v) is 10.3. The highest BCUT2D eigenvalue weighted by Crippen LogP contribution is 2.23. The van der Waals surface area contributed by atoms with Gasteiger partial charge in [0, 0.05) is 23.4 Å². The molecule has 0 bridgehead atoms. The predicted octanol–water partition coefficient (Wildman–Crippen LogP) is 3.36. The SMILES string of the molecule is O=[N+]([O-])c1ccc(OCc2cc(Cl)ccn2)cc1F. The van der Waals surface area contributed by atoms with Crippen LogP contribution in [0.5, 0.6) is 5.75 Å². The van der Waals surface area contributed by atoms with E-state index in [0.29, 0.717) is 10.7 Å². The number of rotatable bonds is 4. The van der Waals surface area contributed by atoms with Crippen LogP contribution in [-0.4, -0.2) is 9.91 Å². The van der Waals surface area contributed by atoms with Gasteiger partial charge >= 0.3 is 5.69 Å². The van der Waals surface area contributed by atoms with Gasteiger partial charge in [0.1, 0.15) is 12.4 Å². The Bertz CT molecular complexity index is 622. The first-order valence-electron chi connectivity index (χ1n) is 5.23. The van der Waals surface area contributed by atoms with Gasteiger partial charge in [-0.25, -0.2) is 0 Å². The van der Waals surface area contributed by atoms with Crippen LogP contribution in [0.25, 0.3) is 0 Å². The van der Waals surface area contributed by atoms with E-state index < -0.39 is 16.4 Å². The minimum absolute atomic E-state index is 0.0951. The van der Waals surface area contributed by atoms with E-state index in [1.807, 2.05) is 0 Å². The molecule has 0 spiro atoms. The van der Waals surface area contributed by atoms with Crippen LogP contribution >= 0.6 is 11.6 Å². The summed E-state index contributed by atoms with van der Waals surface area (Å²) in [6.45, 7) is 0.0951. The average Bonchev–Trinajstić information content (AvgIpc) is 2.36. The zero-order valence-electron chi connectivity index (χ0n) is 9.55. The fraction of sp³-hybridized carbons (Fsp3) is 0.0833. The minimum atomic E-state index is -0.943. The molecular weight excluding hydrogens is 275 g/mol. The Morgan fingerprint density at radius 3 is 2.79 bits per heavy atom. The van der Waals surface area contributed by atoms with Gasteiger partial charge in [-0.15, -0.1) is 0 Å².